The molecule has 1 aromatic carbocycles. The summed E-state index contributed by atoms with van der Waals surface area (Å²) in [6, 6.07) is 2.67. The summed E-state index contributed by atoms with van der Waals surface area (Å²) in [5, 5.41) is 0.548. The normalized spacial score (nSPS) is 16.4. The SMILES string of the molecule is CSC1=C(SC)SC(=C2SC(SC)=C(SCCOCCn3c(=O)c4cc5c(=O)[nH]c(=O)c5cc4c3=O)S2)S1. The van der Waals surface area contributed by atoms with Crippen LogP contribution in [0.15, 0.2) is 56.7 Å². The zero-order valence-corrected chi connectivity index (χ0v) is 26.8. The van der Waals surface area contributed by atoms with Crippen LogP contribution in [-0.2, 0) is 11.3 Å². The third-order valence-electron chi connectivity index (χ3n) is 5.54. The maximum atomic E-state index is 12.8. The van der Waals surface area contributed by atoms with Crippen LogP contribution >= 0.6 is 94.1 Å². The first-order chi connectivity index (χ1) is 18.4. The minimum atomic E-state index is -0.555. The molecule has 0 spiro atoms. The molecule has 0 radical (unpaired) electrons. The Labute approximate surface area is 251 Å². The van der Waals surface area contributed by atoms with Gasteiger partial charge in [0, 0.05) is 5.75 Å². The molecule has 0 amide bonds. The van der Waals surface area contributed by atoms with E-state index >= 15 is 0 Å². The molecule has 0 saturated heterocycles. The van der Waals surface area contributed by atoms with Gasteiger partial charge in [-0.2, -0.15) is 0 Å². The van der Waals surface area contributed by atoms with E-state index in [1.165, 1.54) is 37.6 Å². The average molecular weight is 661 g/mol. The lowest BCUT2D eigenvalue weighted by atomic mass is 10.1. The molecule has 1 N–H and O–H groups in total. The van der Waals surface area contributed by atoms with Gasteiger partial charge in [-0.1, -0.05) is 47.0 Å². The number of H-pyrrole nitrogens is 1. The van der Waals surface area contributed by atoms with Gasteiger partial charge in [0.05, 0.1) is 66.7 Å². The summed E-state index contributed by atoms with van der Waals surface area (Å²) < 4.78 is 14.9. The minimum Gasteiger partial charge on any atom is -0.379 e. The van der Waals surface area contributed by atoms with Crippen LogP contribution < -0.4 is 22.2 Å². The number of aromatic amines is 1. The molecule has 2 aliphatic heterocycles. The first kappa shape index (κ1) is 29.0. The molecule has 4 heterocycles. The Kier molecular flexibility index (Phi) is 9.58. The van der Waals surface area contributed by atoms with Crippen molar-refractivity contribution in [2.75, 3.05) is 37.7 Å². The topological polar surface area (TPSA) is 98.2 Å². The zero-order chi connectivity index (χ0) is 27.0. The fourth-order valence-corrected chi connectivity index (χ4v) is 14.4. The number of nitrogens with one attached hydrogen (secondary N) is 1. The van der Waals surface area contributed by atoms with Gasteiger partial charge in [-0.25, -0.2) is 0 Å². The molecule has 5 rings (SSSR count). The van der Waals surface area contributed by atoms with E-state index in [4.69, 9.17) is 4.74 Å². The Morgan fingerprint density at radius 2 is 1.18 bits per heavy atom. The fourth-order valence-electron chi connectivity index (χ4n) is 3.78. The predicted molar refractivity (Wildman–Crippen MR) is 177 cm³/mol. The van der Waals surface area contributed by atoms with Crippen molar-refractivity contribution in [1.29, 1.82) is 0 Å². The second-order valence-electron chi connectivity index (χ2n) is 7.69. The van der Waals surface area contributed by atoms with E-state index in [9.17, 15) is 19.2 Å². The van der Waals surface area contributed by atoms with E-state index < -0.39 is 22.2 Å². The third-order valence-corrected chi connectivity index (χ3v) is 16.6. The van der Waals surface area contributed by atoms with Gasteiger partial charge in [0.2, 0.25) is 0 Å². The van der Waals surface area contributed by atoms with E-state index in [1.54, 1.807) is 47.0 Å². The molecule has 2 aliphatic rings. The van der Waals surface area contributed by atoms with Crippen molar-refractivity contribution >= 4 is 116 Å². The number of benzene rings is 1. The second-order valence-corrected chi connectivity index (χ2v) is 16.9. The van der Waals surface area contributed by atoms with Gasteiger partial charge in [-0.15, -0.1) is 47.0 Å². The average Bonchev–Trinajstić information content (AvgIpc) is 3.65. The summed E-state index contributed by atoms with van der Waals surface area (Å²) in [5.74, 6) is 0.756. The Hall–Kier alpha value is -0.520. The fraction of sp³-hybridized carbons (Fsp3) is 0.304. The summed E-state index contributed by atoms with van der Waals surface area (Å²) in [4.78, 5) is 51.6. The van der Waals surface area contributed by atoms with Gasteiger partial charge in [0.1, 0.15) is 0 Å². The van der Waals surface area contributed by atoms with Crippen LogP contribution in [0.4, 0.5) is 0 Å². The summed E-state index contributed by atoms with van der Waals surface area (Å²) >= 11 is 14.5. The highest BCUT2D eigenvalue weighted by Gasteiger charge is 2.29. The van der Waals surface area contributed by atoms with Crippen molar-refractivity contribution < 1.29 is 4.74 Å². The van der Waals surface area contributed by atoms with Gasteiger partial charge in [0.25, 0.3) is 22.2 Å². The maximum Gasteiger partial charge on any atom is 0.261 e. The Bertz CT molecular complexity index is 1630. The second kappa shape index (κ2) is 12.6. The van der Waals surface area contributed by atoms with Gasteiger partial charge < -0.3 is 4.74 Å². The Morgan fingerprint density at radius 3 is 1.68 bits per heavy atom. The van der Waals surface area contributed by atoms with E-state index in [1.807, 2.05) is 47.0 Å². The third kappa shape index (κ3) is 5.64. The standard InChI is InChI=1S/C23H20N2O5S8/c1-31-18-19(32-2)36-22(35-18)23-37-20(33-3)21(38-23)34-7-6-30-5-4-25-16(28)12-8-10-11(9-13(12)17(25)29)15(27)24-14(10)26/h8-9H,4-7H2,1-3H3,(H,24,26,27). The zero-order valence-electron chi connectivity index (χ0n) is 20.2. The molecule has 0 bridgehead atoms. The van der Waals surface area contributed by atoms with E-state index in [0.717, 1.165) is 10.3 Å². The molecule has 0 atom stereocenters. The molecule has 3 aromatic rings. The van der Waals surface area contributed by atoms with Crippen molar-refractivity contribution in [3.05, 3.63) is 79.0 Å². The van der Waals surface area contributed by atoms with Crippen LogP contribution in [0.5, 0.6) is 0 Å². The lowest BCUT2D eigenvalue weighted by Crippen LogP contribution is -2.27. The summed E-state index contributed by atoms with van der Waals surface area (Å²) in [6.07, 6.45) is 6.34. The summed E-state index contributed by atoms with van der Waals surface area (Å²) in [5.41, 5.74) is -2.06. The van der Waals surface area contributed by atoms with Crippen LogP contribution in [-0.4, -0.2) is 47.3 Å². The predicted octanol–water partition coefficient (Wildman–Crippen LogP) is 5.62. The van der Waals surface area contributed by atoms with Gasteiger partial charge in [0.15, 0.2) is 0 Å². The molecular weight excluding hydrogens is 641 g/mol. The first-order valence-electron chi connectivity index (χ1n) is 11.0. The highest BCUT2D eigenvalue weighted by Crippen LogP contribution is 2.65. The van der Waals surface area contributed by atoms with Crippen LogP contribution in [0.3, 0.4) is 0 Å². The van der Waals surface area contributed by atoms with E-state index in [0.29, 0.717) is 6.61 Å². The van der Waals surface area contributed by atoms with Crippen LogP contribution in [0.1, 0.15) is 0 Å². The van der Waals surface area contributed by atoms with Crippen molar-refractivity contribution in [2.45, 2.75) is 6.54 Å². The van der Waals surface area contributed by atoms with Crippen LogP contribution in [0.2, 0.25) is 0 Å². The number of rotatable bonds is 10. The van der Waals surface area contributed by atoms with Gasteiger partial charge >= 0.3 is 0 Å². The van der Waals surface area contributed by atoms with Crippen LogP contribution in [0, 0.1) is 0 Å². The van der Waals surface area contributed by atoms with Gasteiger partial charge in [-0.3, -0.25) is 28.7 Å². The number of hydrogen-bond donors (Lipinski definition) is 1. The number of ether oxygens (including phenoxy) is 1. The van der Waals surface area contributed by atoms with E-state index in [2.05, 4.69) is 23.8 Å². The van der Waals surface area contributed by atoms with Crippen molar-refractivity contribution in [2.24, 2.45) is 0 Å². The maximum absolute atomic E-state index is 12.8. The minimum absolute atomic E-state index is 0.110. The molecule has 15 heteroatoms. The lowest BCUT2D eigenvalue weighted by molar-refractivity contribution is 0.140. The van der Waals surface area contributed by atoms with Crippen molar-refractivity contribution in [1.82, 2.24) is 9.55 Å². The number of hydrogen-bond acceptors (Lipinski definition) is 13. The number of nitrogens with zero attached hydrogens (tertiary/aromatic N) is 1. The monoisotopic (exact) mass is 660 g/mol. The Balaban J connectivity index is 1.16. The van der Waals surface area contributed by atoms with Crippen molar-refractivity contribution in [3.8, 4) is 0 Å². The number of aromatic nitrogens is 2. The number of fused-ring (bicyclic) bond motifs is 2. The molecule has 0 saturated carbocycles. The highest BCUT2D eigenvalue weighted by molar-refractivity contribution is 8.44. The molecule has 0 unspecified atom stereocenters. The Morgan fingerprint density at radius 1 is 0.711 bits per heavy atom. The summed E-state index contributed by atoms with van der Waals surface area (Å²) in [6.45, 7) is 0.806. The van der Waals surface area contributed by atoms with E-state index in [-0.39, 0.29) is 34.7 Å². The van der Waals surface area contributed by atoms with Crippen molar-refractivity contribution in [3.63, 3.8) is 0 Å². The molecule has 200 valence electrons. The smallest absolute Gasteiger partial charge is 0.261 e. The quantitative estimate of drug-likeness (QED) is 0.273. The summed E-state index contributed by atoms with van der Waals surface area (Å²) in [7, 11) is 0. The number of thioether (sulfide) groups is 8. The molecule has 0 aliphatic carbocycles. The van der Waals surface area contributed by atoms with Gasteiger partial charge in [-0.05, 0) is 30.9 Å². The highest BCUT2D eigenvalue weighted by atomic mass is 32.3. The molecule has 38 heavy (non-hydrogen) atoms. The molecular formula is C23H20N2O5S8. The van der Waals surface area contributed by atoms with Crippen LogP contribution in [0.25, 0.3) is 21.5 Å². The molecule has 0 fully saturated rings. The lowest BCUT2D eigenvalue weighted by Gasteiger charge is -2.06. The molecule has 7 nitrogen and oxygen atoms in total. The molecule has 2 aromatic heterocycles. The largest absolute Gasteiger partial charge is 0.379 e. The first-order valence-corrected chi connectivity index (χ1v) is 19.0.